The smallest absolute Gasteiger partial charge is 0.340 e. The van der Waals surface area contributed by atoms with Crippen LogP contribution in [0.2, 0.25) is 0 Å². The number of halogens is 3. The molecule has 5 heteroatoms. The summed E-state index contributed by atoms with van der Waals surface area (Å²) in [5, 5.41) is 0. The summed E-state index contributed by atoms with van der Waals surface area (Å²) in [6.07, 6.45) is 0.762. The normalized spacial score (nSPS) is 11.1. The molecule has 0 aliphatic heterocycles. The minimum Gasteiger partial charge on any atom is -0.415 e. The molecule has 0 N–H and O–H groups in total. The summed E-state index contributed by atoms with van der Waals surface area (Å²) in [4.78, 5) is 11.2. The second-order valence-corrected chi connectivity index (χ2v) is 5.08. The van der Waals surface area contributed by atoms with Gasteiger partial charge in [0.25, 0.3) is 0 Å². The molecule has 1 aromatic rings. The van der Waals surface area contributed by atoms with Gasteiger partial charge < -0.3 is 4.74 Å². The highest BCUT2D eigenvalue weighted by Gasteiger charge is 2.24. The molecular formula is C10H9Cl3O2. The summed E-state index contributed by atoms with van der Waals surface area (Å²) in [5.74, 6) is -0.529. The first kappa shape index (κ1) is 12.6. The van der Waals surface area contributed by atoms with Gasteiger partial charge in [-0.05, 0) is 46.8 Å². The molecule has 0 fully saturated rings. The first-order valence-corrected chi connectivity index (χ1v) is 5.43. The maximum atomic E-state index is 11.2. The van der Waals surface area contributed by atoms with Crippen LogP contribution in [0.3, 0.4) is 0 Å². The van der Waals surface area contributed by atoms with Gasteiger partial charge in [-0.25, -0.2) is 0 Å². The van der Waals surface area contributed by atoms with Crippen molar-refractivity contribution in [3.63, 3.8) is 0 Å². The summed E-state index contributed by atoms with van der Waals surface area (Å²) in [5.41, 5.74) is 1.04. The molecule has 0 saturated carbocycles. The lowest BCUT2D eigenvalue weighted by atomic mass is 10.1. The molecule has 0 radical (unpaired) electrons. The molecule has 0 amide bonds. The zero-order chi connectivity index (χ0) is 11.3. The lowest BCUT2D eigenvalue weighted by molar-refractivity contribution is -0.144. The second-order valence-electron chi connectivity index (χ2n) is 2.91. The highest BCUT2D eigenvalue weighted by molar-refractivity contribution is 6.66. The molecule has 0 bridgehead atoms. The van der Waals surface area contributed by atoms with E-state index in [-0.39, 0.29) is 6.42 Å². The Morgan fingerprint density at radius 1 is 1.20 bits per heavy atom. The molecule has 0 aliphatic rings. The van der Waals surface area contributed by atoms with E-state index in [2.05, 4.69) is 4.74 Å². The van der Waals surface area contributed by atoms with Gasteiger partial charge in [0.1, 0.15) is 0 Å². The fourth-order valence-corrected chi connectivity index (χ4v) is 1.33. The third-order valence-electron chi connectivity index (χ3n) is 1.69. The molecule has 0 heterocycles. The molecule has 0 unspecified atom stereocenters. The van der Waals surface area contributed by atoms with Gasteiger partial charge in [-0.15, -0.1) is 0 Å². The van der Waals surface area contributed by atoms with E-state index in [1.165, 1.54) is 0 Å². The van der Waals surface area contributed by atoms with Crippen LogP contribution in [-0.2, 0) is 16.0 Å². The Morgan fingerprint density at radius 2 is 1.80 bits per heavy atom. The van der Waals surface area contributed by atoms with Gasteiger partial charge in [0.15, 0.2) is 0 Å². The minimum atomic E-state index is -1.96. The highest BCUT2D eigenvalue weighted by atomic mass is 35.6. The molecular weight excluding hydrogens is 258 g/mol. The van der Waals surface area contributed by atoms with Crippen molar-refractivity contribution in [3.8, 4) is 0 Å². The van der Waals surface area contributed by atoms with Gasteiger partial charge in [0, 0.05) is 6.42 Å². The first-order valence-electron chi connectivity index (χ1n) is 4.30. The number of alkyl halides is 3. The van der Waals surface area contributed by atoms with Crippen molar-refractivity contribution >= 4 is 40.8 Å². The summed E-state index contributed by atoms with van der Waals surface area (Å²) in [6, 6.07) is 9.54. The molecule has 0 saturated heterocycles. The largest absolute Gasteiger partial charge is 0.415 e. The van der Waals surface area contributed by atoms with E-state index in [0.717, 1.165) is 5.56 Å². The number of rotatable bonds is 3. The van der Waals surface area contributed by atoms with Crippen LogP contribution in [0.4, 0.5) is 0 Å². The molecule has 82 valence electrons. The van der Waals surface area contributed by atoms with E-state index < -0.39 is 9.95 Å². The SMILES string of the molecule is O=C(CCc1ccccc1)OC(Cl)(Cl)Cl. The topological polar surface area (TPSA) is 26.3 Å². The molecule has 0 aliphatic carbocycles. The average molecular weight is 268 g/mol. The summed E-state index contributed by atoms with van der Waals surface area (Å²) >= 11 is 15.9. The molecule has 1 aromatic carbocycles. The average Bonchev–Trinajstić information content (AvgIpc) is 2.14. The van der Waals surface area contributed by atoms with E-state index in [4.69, 9.17) is 34.8 Å². The molecule has 1 rings (SSSR count). The predicted octanol–water partition coefficient (Wildman–Crippen LogP) is 3.49. The Balaban J connectivity index is 2.35. The fraction of sp³-hybridized carbons (Fsp3) is 0.300. The van der Waals surface area contributed by atoms with Gasteiger partial charge in [0.05, 0.1) is 0 Å². The fourth-order valence-electron chi connectivity index (χ4n) is 1.07. The van der Waals surface area contributed by atoms with Crippen molar-refractivity contribution in [2.45, 2.75) is 16.8 Å². The third kappa shape index (κ3) is 5.88. The zero-order valence-electron chi connectivity index (χ0n) is 7.75. The number of carbonyl (C=O) groups excluding carboxylic acids is 1. The zero-order valence-corrected chi connectivity index (χ0v) is 10.0. The van der Waals surface area contributed by atoms with Crippen LogP contribution in [0, 0.1) is 0 Å². The number of aryl methyl sites for hydroxylation is 1. The van der Waals surface area contributed by atoms with Crippen molar-refractivity contribution < 1.29 is 9.53 Å². The van der Waals surface area contributed by atoms with E-state index in [1.807, 2.05) is 30.3 Å². The van der Waals surface area contributed by atoms with Crippen LogP contribution < -0.4 is 0 Å². The highest BCUT2D eigenvalue weighted by Crippen LogP contribution is 2.27. The number of hydrogen-bond acceptors (Lipinski definition) is 2. The Kier molecular flexibility index (Phi) is 4.71. The van der Waals surface area contributed by atoms with Crippen molar-refractivity contribution in [1.82, 2.24) is 0 Å². The molecule has 15 heavy (non-hydrogen) atoms. The van der Waals surface area contributed by atoms with Crippen LogP contribution in [0.1, 0.15) is 12.0 Å². The molecule has 0 spiro atoms. The van der Waals surface area contributed by atoms with Crippen LogP contribution in [-0.4, -0.2) is 9.95 Å². The second kappa shape index (κ2) is 5.59. The summed E-state index contributed by atoms with van der Waals surface area (Å²) in [7, 11) is 0. The van der Waals surface area contributed by atoms with Crippen LogP contribution in [0.15, 0.2) is 30.3 Å². The number of ether oxygens (including phenoxy) is 1. The lowest BCUT2D eigenvalue weighted by Gasteiger charge is -2.11. The summed E-state index contributed by atoms with van der Waals surface area (Å²) in [6.45, 7) is 0. The predicted molar refractivity (Wildman–Crippen MR) is 61.1 cm³/mol. The van der Waals surface area contributed by atoms with Gasteiger partial charge in [0.2, 0.25) is 0 Å². The monoisotopic (exact) mass is 266 g/mol. The van der Waals surface area contributed by atoms with Crippen LogP contribution in [0.25, 0.3) is 0 Å². The number of hydrogen-bond donors (Lipinski definition) is 0. The number of carbonyl (C=O) groups is 1. The quantitative estimate of drug-likeness (QED) is 0.619. The Hall–Kier alpha value is -0.440. The Labute approximate surface area is 103 Å². The minimum absolute atomic E-state index is 0.192. The molecule has 0 atom stereocenters. The van der Waals surface area contributed by atoms with Crippen molar-refractivity contribution in [1.29, 1.82) is 0 Å². The van der Waals surface area contributed by atoms with Gasteiger partial charge in [-0.2, -0.15) is 0 Å². The Bertz CT molecular complexity index is 319. The van der Waals surface area contributed by atoms with Crippen LogP contribution in [0.5, 0.6) is 0 Å². The van der Waals surface area contributed by atoms with E-state index in [1.54, 1.807) is 0 Å². The third-order valence-corrected chi connectivity index (χ3v) is 1.92. The van der Waals surface area contributed by atoms with Crippen LogP contribution >= 0.6 is 34.8 Å². The van der Waals surface area contributed by atoms with E-state index in [0.29, 0.717) is 6.42 Å². The lowest BCUT2D eigenvalue weighted by Crippen LogP contribution is -2.16. The Morgan fingerprint density at radius 3 is 2.33 bits per heavy atom. The van der Waals surface area contributed by atoms with E-state index >= 15 is 0 Å². The van der Waals surface area contributed by atoms with Crippen molar-refractivity contribution in [2.24, 2.45) is 0 Å². The number of esters is 1. The van der Waals surface area contributed by atoms with E-state index in [9.17, 15) is 4.79 Å². The van der Waals surface area contributed by atoms with Crippen molar-refractivity contribution in [2.75, 3.05) is 0 Å². The molecule has 0 aromatic heterocycles. The maximum absolute atomic E-state index is 11.2. The summed E-state index contributed by atoms with van der Waals surface area (Å²) < 4.78 is 2.55. The van der Waals surface area contributed by atoms with Gasteiger partial charge in [-0.3, -0.25) is 4.79 Å². The maximum Gasteiger partial charge on any atom is 0.340 e. The number of benzene rings is 1. The van der Waals surface area contributed by atoms with Gasteiger partial charge in [-0.1, -0.05) is 30.3 Å². The van der Waals surface area contributed by atoms with Crippen molar-refractivity contribution in [3.05, 3.63) is 35.9 Å². The standard InChI is InChI=1S/C10H9Cl3O2/c11-10(12,13)15-9(14)7-6-8-4-2-1-3-5-8/h1-5H,6-7H2. The van der Waals surface area contributed by atoms with Gasteiger partial charge >= 0.3 is 9.95 Å². The molecule has 2 nitrogen and oxygen atoms in total. The first-order chi connectivity index (χ1) is 6.97.